The Kier molecular flexibility index (Phi) is 4.82. The molecule has 24 heavy (non-hydrogen) atoms. The van der Waals surface area contributed by atoms with Crippen molar-refractivity contribution in [3.63, 3.8) is 0 Å². The molecule has 1 heterocycles. The van der Waals surface area contributed by atoms with Crippen LogP contribution in [-0.2, 0) is 20.5 Å². The number of aromatic hydroxyl groups is 1. The van der Waals surface area contributed by atoms with E-state index in [2.05, 4.69) is 41.5 Å². The number of amides is 1. The van der Waals surface area contributed by atoms with Crippen LogP contribution in [0.2, 0.25) is 0 Å². The van der Waals surface area contributed by atoms with Crippen molar-refractivity contribution in [2.24, 2.45) is 0 Å². The smallest absolute Gasteiger partial charge is 0.273 e. The quantitative estimate of drug-likeness (QED) is 0.786. The molecule has 1 aromatic rings. The molecule has 0 unspecified atom stereocenters. The van der Waals surface area contributed by atoms with Gasteiger partial charge >= 0.3 is 0 Å². The van der Waals surface area contributed by atoms with Crippen molar-refractivity contribution in [2.45, 2.75) is 58.8 Å². The Balaban J connectivity index is 2.61. The van der Waals surface area contributed by atoms with E-state index in [9.17, 15) is 9.90 Å². The summed E-state index contributed by atoms with van der Waals surface area (Å²) < 4.78 is 0. The van der Waals surface area contributed by atoms with Crippen LogP contribution in [0, 0.1) is 0 Å². The largest absolute Gasteiger partial charge is 0.507 e. The molecule has 1 saturated heterocycles. The van der Waals surface area contributed by atoms with E-state index < -0.39 is 0 Å². The van der Waals surface area contributed by atoms with Crippen molar-refractivity contribution < 1.29 is 14.7 Å². The van der Waals surface area contributed by atoms with Gasteiger partial charge in [-0.15, -0.1) is 0 Å². The highest BCUT2D eigenvalue weighted by Crippen LogP contribution is 2.40. The lowest BCUT2D eigenvalue weighted by molar-refractivity contribution is -0.180. The molecule has 4 heteroatoms. The molecule has 1 N–H and O–H groups in total. The molecule has 0 aromatic heterocycles. The summed E-state index contributed by atoms with van der Waals surface area (Å²) in [5.41, 5.74) is 3.10. The van der Waals surface area contributed by atoms with Gasteiger partial charge in [0, 0.05) is 30.2 Å². The standard InChI is InChI=1S/C20H29NO3/c1-19(2,3)15-11-13(12-16(17(15)22)20(4,5)6)10-14-8-9-24-21(7)18(14)23/h10-12,22H,8-9H2,1-7H3/b14-10-. The second kappa shape index (κ2) is 6.25. The van der Waals surface area contributed by atoms with Crippen LogP contribution in [-0.4, -0.2) is 29.7 Å². The van der Waals surface area contributed by atoms with E-state index in [1.165, 1.54) is 5.06 Å². The number of hydrogen-bond acceptors (Lipinski definition) is 3. The third kappa shape index (κ3) is 3.81. The molecule has 2 rings (SSSR count). The Morgan fingerprint density at radius 1 is 1.08 bits per heavy atom. The van der Waals surface area contributed by atoms with Gasteiger partial charge in [-0.05, 0) is 34.6 Å². The Morgan fingerprint density at radius 3 is 2.04 bits per heavy atom. The van der Waals surface area contributed by atoms with Gasteiger partial charge in [-0.1, -0.05) is 41.5 Å². The maximum atomic E-state index is 12.2. The first-order chi connectivity index (χ1) is 10.9. The van der Waals surface area contributed by atoms with Crippen molar-refractivity contribution in [3.05, 3.63) is 34.4 Å². The van der Waals surface area contributed by atoms with Crippen molar-refractivity contribution in [1.82, 2.24) is 5.06 Å². The first kappa shape index (κ1) is 18.5. The summed E-state index contributed by atoms with van der Waals surface area (Å²) in [6, 6.07) is 3.97. The average Bonchev–Trinajstić information content (AvgIpc) is 2.43. The molecule has 0 spiro atoms. The highest BCUT2D eigenvalue weighted by Gasteiger charge is 2.27. The van der Waals surface area contributed by atoms with Gasteiger partial charge in [0.2, 0.25) is 0 Å². The van der Waals surface area contributed by atoms with Gasteiger partial charge in [0.05, 0.1) is 6.61 Å². The summed E-state index contributed by atoms with van der Waals surface area (Å²) in [4.78, 5) is 17.5. The number of likely N-dealkylation sites (N-methyl/N-ethyl adjacent to an activating group) is 1. The van der Waals surface area contributed by atoms with Crippen LogP contribution in [0.25, 0.3) is 6.08 Å². The Morgan fingerprint density at radius 2 is 1.58 bits per heavy atom. The maximum Gasteiger partial charge on any atom is 0.273 e. The second-order valence-corrected chi connectivity index (χ2v) is 8.52. The number of hydroxylamine groups is 2. The lowest BCUT2D eigenvalue weighted by atomic mass is 9.78. The molecule has 1 fully saturated rings. The summed E-state index contributed by atoms with van der Waals surface area (Å²) in [6.45, 7) is 13.0. The number of rotatable bonds is 1. The summed E-state index contributed by atoms with van der Waals surface area (Å²) >= 11 is 0. The monoisotopic (exact) mass is 331 g/mol. The number of nitrogens with zero attached hydrogens (tertiary/aromatic N) is 1. The van der Waals surface area contributed by atoms with E-state index in [-0.39, 0.29) is 16.7 Å². The molecule has 132 valence electrons. The molecule has 1 aromatic carbocycles. The first-order valence-corrected chi connectivity index (χ1v) is 8.41. The summed E-state index contributed by atoms with van der Waals surface area (Å²) in [5.74, 6) is 0.247. The first-order valence-electron chi connectivity index (χ1n) is 8.41. The molecule has 0 saturated carbocycles. The van der Waals surface area contributed by atoms with Gasteiger partial charge in [0.15, 0.2) is 0 Å². The second-order valence-electron chi connectivity index (χ2n) is 8.52. The zero-order valence-electron chi connectivity index (χ0n) is 15.9. The van der Waals surface area contributed by atoms with Crippen LogP contribution in [0.3, 0.4) is 0 Å². The molecule has 1 aliphatic rings. The van der Waals surface area contributed by atoms with E-state index in [0.29, 0.717) is 18.8 Å². The van der Waals surface area contributed by atoms with Crippen LogP contribution in [0.4, 0.5) is 0 Å². The van der Waals surface area contributed by atoms with Crippen molar-refractivity contribution in [2.75, 3.05) is 13.7 Å². The normalized spacial score (nSPS) is 18.4. The molecule has 1 amide bonds. The minimum atomic E-state index is -0.185. The minimum Gasteiger partial charge on any atom is -0.507 e. The lowest BCUT2D eigenvalue weighted by Crippen LogP contribution is -2.33. The number of phenols is 1. The topological polar surface area (TPSA) is 49.8 Å². The van der Waals surface area contributed by atoms with Gasteiger partial charge < -0.3 is 5.11 Å². The predicted octanol–water partition coefficient (Wildman–Crippen LogP) is 4.16. The van der Waals surface area contributed by atoms with Crippen LogP contribution >= 0.6 is 0 Å². The van der Waals surface area contributed by atoms with Crippen LogP contribution < -0.4 is 0 Å². The SMILES string of the molecule is CN1OCC/C(=C/c2cc(C(C)(C)C)c(O)c(C(C)(C)C)c2)C1=O. The minimum absolute atomic E-state index is 0.107. The highest BCUT2D eigenvalue weighted by molar-refractivity contribution is 5.97. The van der Waals surface area contributed by atoms with Gasteiger partial charge in [-0.2, -0.15) is 0 Å². The van der Waals surface area contributed by atoms with Crippen LogP contribution in [0.15, 0.2) is 17.7 Å². The molecular formula is C20H29NO3. The summed E-state index contributed by atoms with van der Waals surface area (Å²) in [7, 11) is 1.63. The zero-order chi connectivity index (χ0) is 18.3. The van der Waals surface area contributed by atoms with Gasteiger partial charge in [0.1, 0.15) is 5.75 Å². The zero-order valence-corrected chi connectivity index (χ0v) is 15.9. The van der Waals surface area contributed by atoms with E-state index in [4.69, 9.17) is 4.84 Å². The number of phenolic OH excluding ortho intramolecular Hbond substituents is 1. The number of hydrogen-bond donors (Lipinski definition) is 1. The number of carbonyl (C=O) groups is 1. The third-order valence-electron chi connectivity index (χ3n) is 4.31. The van der Waals surface area contributed by atoms with Crippen molar-refractivity contribution >= 4 is 12.0 Å². The molecule has 0 atom stereocenters. The predicted molar refractivity (Wildman–Crippen MR) is 96.8 cm³/mol. The van der Waals surface area contributed by atoms with Gasteiger partial charge in [-0.3, -0.25) is 9.63 Å². The lowest BCUT2D eigenvalue weighted by Gasteiger charge is -2.28. The molecule has 0 aliphatic carbocycles. The highest BCUT2D eigenvalue weighted by atomic mass is 16.7. The molecular weight excluding hydrogens is 302 g/mol. The fourth-order valence-corrected chi connectivity index (χ4v) is 2.88. The van der Waals surface area contributed by atoms with Crippen LogP contribution in [0.5, 0.6) is 5.75 Å². The Labute approximate surface area is 145 Å². The molecule has 4 nitrogen and oxygen atoms in total. The van der Waals surface area contributed by atoms with Crippen LogP contribution in [0.1, 0.15) is 64.7 Å². The average molecular weight is 331 g/mol. The Hall–Kier alpha value is -1.81. The molecule has 0 bridgehead atoms. The maximum absolute atomic E-state index is 12.2. The third-order valence-corrected chi connectivity index (χ3v) is 4.31. The molecule has 1 aliphatic heterocycles. The Bertz CT molecular complexity index is 640. The number of carbonyl (C=O) groups excluding carboxylic acids is 1. The van der Waals surface area contributed by atoms with Crippen molar-refractivity contribution in [1.29, 1.82) is 0 Å². The summed E-state index contributed by atoms with van der Waals surface area (Å²) in [5, 5.41) is 12.1. The van der Waals surface area contributed by atoms with Gasteiger partial charge in [-0.25, -0.2) is 5.06 Å². The van der Waals surface area contributed by atoms with E-state index >= 15 is 0 Å². The fraction of sp³-hybridized carbons (Fsp3) is 0.550. The summed E-state index contributed by atoms with van der Waals surface area (Å²) in [6.07, 6.45) is 2.52. The van der Waals surface area contributed by atoms with Crippen molar-refractivity contribution in [3.8, 4) is 5.75 Å². The van der Waals surface area contributed by atoms with E-state index in [1.807, 2.05) is 18.2 Å². The molecule has 0 radical (unpaired) electrons. The van der Waals surface area contributed by atoms with Gasteiger partial charge in [0.25, 0.3) is 5.91 Å². The fourth-order valence-electron chi connectivity index (χ4n) is 2.88. The number of benzene rings is 1. The van der Waals surface area contributed by atoms with E-state index in [0.717, 1.165) is 22.3 Å². The van der Waals surface area contributed by atoms with E-state index in [1.54, 1.807) is 7.05 Å².